The van der Waals surface area contributed by atoms with E-state index in [-0.39, 0.29) is 5.91 Å². The van der Waals surface area contributed by atoms with Crippen molar-refractivity contribution in [3.8, 4) is 0 Å². The van der Waals surface area contributed by atoms with Gasteiger partial charge in [-0.25, -0.2) is 0 Å². The van der Waals surface area contributed by atoms with Crippen molar-refractivity contribution in [3.05, 3.63) is 0 Å². The summed E-state index contributed by atoms with van der Waals surface area (Å²) in [5.74, 6) is 0.111. The molecule has 14 heavy (non-hydrogen) atoms. The second-order valence-electron chi connectivity index (χ2n) is 3.94. The highest BCUT2D eigenvalue weighted by molar-refractivity contribution is 5.78. The van der Waals surface area contributed by atoms with Crippen LogP contribution in [-0.2, 0) is 4.79 Å². The predicted octanol–water partition coefficient (Wildman–Crippen LogP) is -0.147. The molecule has 1 rings (SSSR count). The maximum atomic E-state index is 11.3. The maximum Gasteiger partial charge on any atom is 0.234 e. The van der Waals surface area contributed by atoms with Crippen LogP contribution in [0.15, 0.2) is 0 Å². The Bertz CT molecular complexity index is 176. The van der Waals surface area contributed by atoms with E-state index in [0.717, 1.165) is 12.8 Å². The highest BCUT2D eigenvalue weighted by atomic mass is 16.1. The van der Waals surface area contributed by atoms with Crippen molar-refractivity contribution in [1.29, 1.82) is 0 Å². The first-order valence-corrected chi connectivity index (χ1v) is 5.37. The summed E-state index contributed by atoms with van der Waals surface area (Å²) in [5.41, 5.74) is 0. The van der Waals surface area contributed by atoms with Gasteiger partial charge < -0.3 is 16.0 Å². The summed E-state index contributed by atoms with van der Waals surface area (Å²) >= 11 is 0. The quantitative estimate of drug-likeness (QED) is 0.590. The molecule has 4 heteroatoms. The Balaban J connectivity index is 2.18. The van der Waals surface area contributed by atoms with Crippen molar-refractivity contribution >= 4 is 5.91 Å². The summed E-state index contributed by atoms with van der Waals surface area (Å²) in [6.45, 7) is 0.423. The zero-order valence-electron chi connectivity index (χ0n) is 9.10. The summed E-state index contributed by atoms with van der Waals surface area (Å²) in [6.07, 6.45) is 4.53. The normalized spacial score (nSPS) is 27.3. The molecular weight excluding hydrogens is 178 g/mol. The minimum absolute atomic E-state index is 0.111. The Morgan fingerprint density at radius 3 is 2.21 bits per heavy atom. The van der Waals surface area contributed by atoms with E-state index in [1.54, 1.807) is 7.05 Å². The summed E-state index contributed by atoms with van der Waals surface area (Å²) in [6, 6.07) is 1.04. The van der Waals surface area contributed by atoms with Gasteiger partial charge in [-0.3, -0.25) is 4.79 Å². The largest absolute Gasteiger partial charge is 0.352 e. The van der Waals surface area contributed by atoms with E-state index in [4.69, 9.17) is 0 Å². The molecule has 0 radical (unpaired) electrons. The number of carbonyl (C=O) groups excluding carboxylic acids is 1. The van der Waals surface area contributed by atoms with E-state index in [1.807, 2.05) is 7.05 Å². The minimum Gasteiger partial charge on any atom is -0.352 e. The van der Waals surface area contributed by atoms with Crippen LogP contribution in [0.3, 0.4) is 0 Å². The molecule has 1 aliphatic carbocycles. The number of likely N-dealkylation sites (N-methyl/N-ethyl adjacent to an activating group) is 1. The van der Waals surface area contributed by atoms with Gasteiger partial charge in [0.2, 0.25) is 5.91 Å². The summed E-state index contributed by atoms with van der Waals surface area (Å²) in [7, 11) is 3.79. The van der Waals surface area contributed by atoms with Crippen molar-refractivity contribution in [3.63, 3.8) is 0 Å². The van der Waals surface area contributed by atoms with Crippen molar-refractivity contribution in [2.45, 2.75) is 37.8 Å². The third kappa shape index (κ3) is 3.64. The van der Waals surface area contributed by atoms with Crippen LogP contribution in [0.25, 0.3) is 0 Å². The average Bonchev–Trinajstić information content (AvgIpc) is 2.19. The van der Waals surface area contributed by atoms with E-state index < -0.39 is 0 Å². The minimum atomic E-state index is 0.111. The lowest BCUT2D eigenvalue weighted by Crippen LogP contribution is -2.43. The molecule has 0 aromatic heterocycles. The maximum absolute atomic E-state index is 11.3. The molecule has 0 aliphatic heterocycles. The molecule has 1 saturated carbocycles. The summed E-state index contributed by atoms with van der Waals surface area (Å²) in [4.78, 5) is 11.3. The van der Waals surface area contributed by atoms with Gasteiger partial charge >= 0.3 is 0 Å². The first-order valence-electron chi connectivity index (χ1n) is 5.37. The first kappa shape index (κ1) is 11.5. The summed E-state index contributed by atoms with van der Waals surface area (Å²) in [5, 5.41) is 9.17. The molecule has 1 fully saturated rings. The van der Waals surface area contributed by atoms with Gasteiger partial charge in [-0.15, -0.1) is 0 Å². The van der Waals surface area contributed by atoms with Crippen LogP contribution in [0.2, 0.25) is 0 Å². The zero-order valence-corrected chi connectivity index (χ0v) is 9.10. The zero-order chi connectivity index (χ0) is 10.4. The Kier molecular flexibility index (Phi) is 4.90. The number of amides is 1. The SMILES string of the molecule is CNCC(=O)NC1CCC(NC)CC1. The lowest BCUT2D eigenvalue weighted by Gasteiger charge is -2.28. The molecule has 0 aromatic carbocycles. The molecule has 82 valence electrons. The molecule has 4 nitrogen and oxygen atoms in total. The van der Waals surface area contributed by atoms with E-state index in [1.165, 1.54) is 12.8 Å². The smallest absolute Gasteiger partial charge is 0.234 e. The van der Waals surface area contributed by atoms with Gasteiger partial charge in [-0.1, -0.05) is 0 Å². The molecule has 0 atom stereocenters. The third-order valence-electron chi connectivity index (χ3n) is 2.84. The third-order valence-corrected chi connectivity index (χ3v) is 2.84. The van der Waals surface area contributed by atoms with Crippen LogP contribution in [0.4, 0.5) is 0 Å². The van der Waals surface area contributed by atoms with Crippen molar-refractivity contribution in [2.24, 2.45) is 0 Å². The molecule has 0 saturated heterocycles. The van der Waals surface area contributed by atoms with E-state index in [2.05, 4.69) is 16.0 Å². The van der Waals surface area contributed by atoms with Crippen molar-refractivity contribution < 1.29 is 4.79 Å². The molecule has 3 N–H and O–H groups in total. The predicted molar refractivity (Wildman–Crippen MR) is 57.2 cm³/mol. The van der Waals surface area contributed by atoms with Gasteiger partial charge in [-0.2, -0.15) is 0 Å². The van der Waals surface area contributed by atoms with Gasteiger partial charge in [-0.05, 0) is 39.8 Å². The standard InChI is InChI=1S/C10H21N3O/c1-11-7-10(14)13-9-5-3-8(12-2)4-6-9/h8-9,11-12H,3-7H2,1-2H3,(H,13,14). The highest BCUT2D eigenvalue weighted by Gasteiger charge is 2.20. The Morgan fingerprint density at radius 2 is 1.71 bits per heavy atom. The molecule has 0 unspecified atom stereocenters. The Labute approximate surface area is 85.8 Å². The van der Waals surface area contributed by atoms with Crippen LogP contribution >= 0.6 is 0 Å². The fraction of sp³-hybridized carbons (Fsp3) is 0.900. The number of hydrogen-bond donors (Lipinski definition) is 3. The molecule has 0 spiro atoms. The second-order valence-corrected chi connectivity index (χ2v) is 3.94. The van der Waals surface area contributed by atoms with Crippen LogP contribution in [0.5, 0.6) is 0 Å². The van der Waals surface area contributed by atoms with Gasteiger partial charge in [0.1, 0.15) is 0 Å². The fourth-order valence-electron chi connectivity index (χ4n) is 1.97. The van der Waals surface area contributed by atoms with Crippen molar-refractivity contribution in [1.82, 2.24) is 16.0 Å². The Hall–Kier alpha value is -0.610. The second kappa shape index (κ2) is 5.98. The lowest BCUT2D eigenvalue weighted by atomic mass is 9.91. The average molecular weight is 199 g/mol. The van der Waals surface area contributed by atoms with Gasteiger partial charge in [0.15, 0.2) is 0 Å². The molecule has 1 aliphatic rings. The summed E-state index contributed by atoms with van der Waals surface area (Å²) < 4.78 is 0. The van der Waals surface area contributed by atoms with Crippen LogP contribution in [0, 0.1) is 0 Å². The van der Waals surface area contributed by atoms with Gasteiger partial charge in [0, 0.05) is 12.1 Å². The number of nitrogens with one attached hydrogen (secondary N) is 3. The van der Waals surface area contributed by atoms with Crippen LogP contribution in [-0.4, -0.2) is 38.6 Å². The number of rotatable bonds is 4. The number of hydrogen-bond acceptors (Lipinski definition) is 3. The van der Waals surface area contributed by atoms with Gasteiger partial charge in [0.25, 0.3) is 0 Å². The lowest BCUT2D eigenvalue weighted by molar-refractivity contribution is -0.121. The van der Waals surface area contributed by atoms with E-state index >= 15 is 0 Å². The monoisotopic (exact) mass is 199 g/mol. The molecule has 0 heterocycles. The highest BCUT2D eigenvalue weighted by Crippen LogP contribution is 2.17. The van der Waals surface area contributed by atoms with Crippen molar-refractivity contribution in [2.75, 3.05) is 20.6 Å². The fourth-order valence-corrected chi connectivity index (χ4v) is 1.97. The molecule has 0 bridgehead atoms. The van der Waals surface area contributed by atoms with Gasteiger partial charge in [0.05, 0.1) is 6.54 Å². The van der Waals surface area contributed by atoms with Crippen LogP contribution in [0.1, 0.15) is 25.7 Å². The Morgan fingerprint density at radius 1 is 1.14 bits per heavy atom. The van der Waals surface area contributed by atoms with E-state index in [0.29, 0.717) is 18.6 Å². The number of carbonyl (C=O) groups is 1. The molecular formula is C10H21N3O. The molecule has 1 amide bonds. The first-order chi connectivity index (χ1) is 6.76. The topological polar surface area (TPSA) is 53.2 Å². The molecule has 0 aromatic rings. The van der Waals surface area contributed by atoms with Crippen LogP contribution < -0.4 is 16.0 Å². The van der Waals surface area contributed by atoms with E-state index in [9.17, 15) is 4.79 Å².